The van der Waals surface area contributed by atoms with Gasteiger partial charge in [-0.15, -0.1) is 0 Å². The molecule has 1 saturated carbocycles. The van der Waals surface area contributed by atoms with E-state index in [1.807, 2.05) is 60.3 Å². The third-order valence-corrected chi connectivity index (χ3v) is 8.35. The smallest absolute Gasteiger partial charge is 0.304 e. The van der Waals surface area contributed by atoms with Gasteiger partial charge in [0.15, 0.2) is 5.13 Å². The van der Waals surface area contributed by atoms with Crippen LogP contribution in [0, 0.1) is 11.0 Å². The molecule has 0 saturated heterocycles. The van der Waals surface area contributed by atoms with Crippen molar-refractivity contribution < 1.29 is 28.2 Å². The van der Waals surface area contributed by atoms with Crippen molar-refractivity contribution in [3.8, 4) is 28.1 Å². The molecule has 1 atom stereocenters. The average Bonchev–Trinajstić information content (AvgIpc) is 3.66. The Morgan fingerprint density at radius 2 is 1.93 bits per heavy atom. The van der Waals surface area contributed by atoms with Crippen LogP contribution in [0.2, 0.25) is 0 Å². The second kappa shape index (κ2) is 11.9. The number of rotatable bonds is 11. The topological polar surface area (TPSA) is 97.6 Å². The molecule has 3 aromatic heterocycles. The van der Waals surface area contributed by atoms with Crippen molar-refractivity contribution in [2.24, 2.45) is 13.0 Å². The minimum atomic E-state index is -1.09. The van der Waals surface area contributed by atoms with Crippen molar-refractivity contribution >= 4 is 39.4 Å². The summed E-state index contributed by atoms with van der Waals surface area (Å²) < 4.78 is 35.9. The van der Waals surface area contributed by atoms with Gasteiger partial charge in [0.05, 0.1) is 12.3 Å². The summed E-state index contributed by atoms with van der Waals surface area (Å²) in [4.78, 5) is 36.3. The second-order valence-corrected chi connectivity index (χ2v) is 11.5. The highest BCUT2D eigenvalue weighted by Crippen LogP contribution is 2.42. The monoisotopic (exact) mass is 602 g/mol. The molecule has 0 radical (unpaired) electrons. The van der Waals surface area contributed by atoms with Crippen molar-refractivity contribution in [1.29, 1.82) is 0 Å². The first-order valence-corrected chi connectivity index (χ1v) is 14.6. The van der Waals surface area contributed by atoms with E-state index in [2.05, 4.69) is 9.97 Å². The van der Waals surface area contributed by atoms with E-state index in [9.17, 15) is 19.1 Å². The van der Waals surface area contributed by atoms with Gasteiger partial charge in [0.2, 0.25) is 17.9 Å². The van der Waals surface area contributed by atoms with E-state index in [0.29, 0.717) is 29.5 Å². The summed E-state index contributed by atoms with van der Waals surface area (Å²) in [7, 11) is 1.89. The lowest BCUT2D eigenvalue weighted by Gasteiger charge is -2.24. The molecular weight excluding hydrogens is 574 g/mol. The lowest BCUT2D eigenvalue weighted by atomic mass is 9.94. The van der Waals surface area contributed by atoms with Gasteiger partial charge in [0.1, 0.15) is 17.1 Å². The molecule has 1 amide bonds. The van der Waals surface area contributed by atoms with Gasteiger partial charge in [-0.25, -0.2) is 14.4 Å². The number of fused-ring (bicyclic) bond motifs is 1. The van der Waals surface area contributed by atoms with E-state index in [0.717, 1.165) is 27.9 Å². The Balaban J connectivity index is 1.40. The van der Waals surface area contributed by atoms with Crippen molar-refractivity contribution in [3.63, 3.8) is 0 Å². The molecule has 1 N–H and O–H groups in total. The Hall–Kier alpha value is -4.64. The van der Waals surface area contributed by atoms with Crippen LogP contribution in [0.1, 0.15) is 24.8 Å². The molecule has 0 spiro atoms. The number of carbonyl (C=O) groups excluding carboxylic acids is 1. The van der Waals surface area contributed by atoms with E-state index >= 15 is 4.39 Å². The lowest BCUT2D eigenvalue weighted by Crippen LogP contribution is -2.39. The van der Waals surface area contributed by atoms with Crippen LogP contribution in [0.3, 0.4) is 0 Å². The van der Waals surface area contributed by atoms with E-state index in [4.69, 9.17) is 4.74 Å². The number of carboxylic acids is 1. The zero-order chi connectivity index (χ0) is 30.1. The fraction of sp³-hybridized carbons (Fsp3) is 0.250. The van der Waals surface area contributed by atoms with Crippen LogP contribution in [0.5, 0.6) is 5.75 Å². The minimum Gasteiger partial charge on any atom is -0.481 e. The van der Waals surface area contributed by atoms with Crippen molar-refractivity contribution in [2.75, 3.05) is 11.8 Å². The number of aliphatic carboxylic acids is 1. The summed E-state index contributed by atoms with van der Waals surface area (Å²) in [5, 5.41) is 10.0. The first-order chi connectivity index (χ1) is 20.8. The van der Waals surface area contributed by atoms with Gasteiger partial charge in [-0.3, -0.25) is 14.5 Å². The van der Waals surface area contributed by atoms with Crippen LogP contribution in [0.4, 0.5) is 13.9 Å². The van der Waals surface area contributed by atoms with Gasteiger partial charge in [-0.2, -0.15) is 4.39 Å². The number of carbonyl (C=O) groups is 2. The number of benzene rings is 2. The third-order valence-electron chi connectivity index (χ3n) is 7.51. The maximum atomic E-state index is 15.8. The number of aromatic nitrogens is 3. The van der Waals surface area contributed by atoms with Gasteiger partial charge in [-0.1, -0.05) is 41.7 Å². The van der Waals surface area contributed by atoms with Gasteiger partial charge in [-0.05, 0) is 60.7 Å². The molecule has 8 nitrogen and oxygen atoms in total. The van der Waals surface area contributed by atoms with E-state index in [1.165, 1.54) is 11.0 Å². The van der Waals surface area contributed by atoms with E-state index < -0.39 is 29.8 Å². The molecule has 2 aromatic carbocycles. The molecule has 1 aliphatic carbocycles. The van der Waals surface area contributed by atoms with Gasteiger partial charge in [0, 0.05) is 42.0 Å². The Morgan fingerprint density at radius 3 is 2.65 bits per heavy atom. The van der Waals surface area contributed by atoms with Gasteiger partial charge < -0.3 is 14.4 Å². The third kappa shape index (κ3) is 5.98. The highest BCUT2D eigenvalue weighted by atomic mass is 32.1. The van der Waals surface area contributed by atoms with Crippen LogP contribution >= 0.6 is 11.3 Å². The zero-order valence-corrected chi connectivity index (χ0v) is 24.1. The molecular formula is C32H28F2N4O4S. The highest BCUT2D eigenvalue weighted by Gasteiger charge is 2.40. The maximum absolute atomic E-state index is 15.8. The number of halogens is 2. The molecule has 0 bridgehead atoms. The van der Waals surface area contributed by atoms with Gasteiger partial charge in [0.25, 0.3) is 0 Å². The molecule has 1 aliphatic rings. The van der Waals surface area contributed by atoms with Crippen LogP contribution in [0.25, 0.3) is 33.4 Å². The summed E-state index contributed by atoms with van der Waals surface area (Å²) in [6, 6.07) is 17.7. The molecule has 3 heterocycles. The fourth-order valence-corrected chi connectivity index (χ4v) is 6.19. The number of aryl methyl sites for hydroxylation is 1. The highest BCUT2D eigenvalue weighted by molar-refractivity contribution is 7.14. The maximum Gasteiger partial charge on any atom is 0.304 e. The quantitative estimate of drug-likeness (QED) is 0.182. The predicted octanol–water partition coefficient (Wildman–Crippen LogP) is 6.64. The normalized spacial score (nSPS) is 13.7. The molecule has 220 valence electrons. The van der Waals surface area contributed by atoms with Crippen molar-refractivity contribution in [2.45, 2.75) is 31.7 Å². The van der Waals surface area contributed by atoms with Gasteiger partial charge >= 0.3 is 5.97 Å². The van der Waals surface area contributed by atoms with Crippen molar-refractivity contribution in [3.05, 3.63) is 83.8 Å². The first-order valence-electron chi connectivity index (χ1n) is 13.8. The average molecular weight is 603 g/mol. The number of nitrogens with zero attached hydrogens (tertiary/aromatic N) is 4. The van der Waals surface area contributed by atoms with Crippen LogP contribution < -0.4 is 9.64 Å². The number of thiazole rings is 1. The zero-order valence-electron chi connectivity index (χ0n) is 23.2. The fourth-order valence-electron chi connectivity index (χ4n) is 5.30. The first kappa shape index (κ1) is 28.5. The Morgan fingerprint density at radius 1 is 1.14 bits per heavy atom. The molecule has 43 heavy (non-hydrogen) atoms. The van der Waals surface area contributed by atoms with Crippen LogP contribution in [-0.4, -0.2) is 44.4 Å². The molecule has 1 fully saturated rings. The summed E-state index contributed by atoms with van der Waals surface area (Å²) in [6.07, 6.45) is 4.87. The minimum absolute atomic E-state index is 0.0104. The summed E-state index contributed by atoms with van der Waals surface area (Å²) >= 11 is 0.732. The summed E-state index contributed by atoms with van der Waals surface area (Å²) in [5.74, 6) is -2.14. The standard InChI is InChI=1S/C32H28F2N4O4S/c1-37-12-11-20-14-22(17-35-30(20)37)25-10-9-24(42-18-33)16-26(25)28-29(34)43-32(36-28)38(23-7-8-23)31(41)21(15-27(39)40)13-19-5-3-2-4-6-19/h2-6,9-12,14,16-17,21,23H,7-8,13,15,18H2,1H3,(H,39,40)/t21-/m1/s1. The lowest BCUT2D eigenvalue weighted by molar-refractivity contribution is -0.140. The number of pyridine rings is 1. The van der Waals surface area contributed by atoms with Crippen LogP contribution in [0.15, 0.2) is 73.1 Å². The Labute approximate surface area is 250 Å². The molecule has 6 rings (SSSR count). The van der Waals surface area contributed by atoms with E-state index in [-0.39, 0.29) is 35.5 Å². The second-order valence-electron chi connectivity index (χ2n) is 10.6. The molecule has 0 unspecified atom stereocenters. The van der Waals surface area contributed by atoms with Crippen molar-refractivity contribution in [1.82, 2.24) is 14.5 Å². The van der Waals surface area contributed by atoms with Crippen LogP contribution in [-0.2, 0) is 23.1 Å². The Bertz CT molecular complexity index is 1800. The molecule has 0 aliphatic heterocycles. The number of amides is 1. The number of anilines is 1. The SMILES string of the molecule is Cn1ccc2cc(-c3ccc(OCF)cc3-c3nc(N(C(=O)[C@@H](CC(=O)O)Cc4ccccc4)C4CC4)sc3F)cnc21. The predicted molar refractivity (Wildman–Crippen MR) is 160 cm³/mol. The van der Waals surface area contributed by atoms with E-state index in [1.54, 1.807) is 18.3 Å². The number of ether oxygens (including phenoxy) is 1. The summed E-state index contributed by atoms with van der Waals surface area (Å²) in [6.45, 7) is -1.06. The molecule has 11 heteroatoms. The largest absolute Gasteiger partial charge is 0.481 e. The summed E-state index contributed by atoms with van der Waals surface area (Å²) in [5.41, 5.74) is 3.28. The Kier molecular flexibility index (Phi) is 7.90. The number of hydrogen-bond donors (Lipinski definition) is 1. The molecule has 5 aromatic rings. The number of hydrogen-bond acceptors (Lipinski definition) is 6. The number of carboxylic acid groups (broad SMARTS) is 1. The number of alkyl halides is 1.